The summed E-state index contributed by atoms with van der Waals surface area (Å²) in [5, 5.41) is 7.53. The van der Waals surface area contributed by atoms with Gasteiger partial charge >= 0.3 is 6.61 Å². The number of carbonyl (C=O) groups excluding carboxylic acids is 1. The smallest absolute Gasteiger partial charge is 0.387 e. The summed E-state index contributed by atoms with van der Waals surface area (Å²) in [5.74, 6) is 1.15. The third-order valence-corrected chi connectivity index (χ3v) is 8.16. The van der Waals surface area contributed by atoms with Gasteiger partial charge in [0, 0.05) is 29.7 Å². The van der Waals surface area contributed by atoms with Crippen LogP contribution >= 0.6 is 23.2 Å². The van der Waals surface area contributed by atoms with Gasteiger partial charge < -0.3 is 9.47 Å². The van der Waals surface area contributed by atoms with E-state index in [9.17, 15) is 13.6 Å². The minimum Gasteiger partial charge on any atom is -0.482 e. The Hall–Kier alpha value is -2.88. The molecule has 0 spiro atoms. The first kappa shape index (κ1) is 25.4. The average molecular weight is 563 g/mol. The molecule has 200 valence electrons. The summed E-state index contributed by atoms with van der Waals surface area (Å²) in [7, 11) is 0. The third kappa shape index (κ3) is 4.40. The van der Waals surface area contributed by atoms with Gasteiger partial charge in [-0.15, -0.1) is 0 Å². The molecular formula is C27H26Cl2F2N4O3. The van der Waals surface area contributed by atoms with Gasteiger partial charge in [0.15, 0.2) is 5.69 Å². The zero-order valence-corrected chi connectivity index (χ0v) is 22.3. The fraction of sp³-hybridized carbons (Fsp3) is 0.407. The number of hydrazine groups is 1. The van der Waals surface area contributed by atoms with Crippen molar-refractivity contribution in [2.45, 2.75) is 45.3 Å². The van der Waals surface area contributed by atoms with Gasteiger partial charge in [0.05, 0.1) is 22.0 Å². The average Bonchev–Trinajstić information content (AvgIpc) is 3.52. The van der Waals surface area contributed by atoms with Crippen molar-refractivity contribution in [1.29, 1.82) is 0 Å². The van der Waals surface area contributed by atoms with E-state index in [0.717, 1.165) is 13.1 Å². The first-order valence-electron chi connectivity index (χ1n) is 12.5. The molecule has 0 bridgehead atoms. The van der Waals surface area contributed by atoms with Crippen LogP contribution in [0.2, 0.25) is 10.0 Å². The summed E-state index contributed by atoms with van der Waals surface area (Å²) in [5.41, 5.74) is 4.45. The molecule has 1 saturated heterocycles. The van der Waals surface area contributed by atoms with Crippen molar-refractivity contribution in [3.8, 4) is 28.4 Å². The lowest BCUT2D eigenvalue weighted by Gasteiger charge is -2.34. The molecule has 3 aromatic rings. The van der Waals surface area contributed by atoms with Crippen LogP contribution in [-0.2, 0) is 5.60 Å². The van der Waals surface area contributed by atoms with E-state index in [2.05, 4.69) is 10.2 Å². The molecule has 2 fully saturated rings. The van der Waals surface area contributed by atoms with Gasteiger partial charge in [-0.3, -0.25) is 10.2 Å². The standard InChI is InChI=1S/C27H26Cl2F2N4O3/c1-27(2)22-23(25(36)33-34-12-14-4-3-5-15(14)13-34)32-35(20-9-6-16(28)10-19(20)29)24(22)18-8-7-17(37-26(30)31)11-21(18)38-27/h6-11,14-15,26H,3-5,12-13H2,1-2H3,(H,33,36). The highest BCUT2D eigenvalue weighted by Gasteiger charge is 2.43. The monoisotopic (exact) mass is 562 g/mol. The van der Waals surface area contributed by atoms with E-state index in [1.54, 1.807) is 28.9 Å². The van der Waals surface area contributed by atoms with Crippen molar-refractivity contribution < 1.29 is 23.0 Å². The van der Waals surface area contributed by atoms with E-state index >= 15 is 0 Å². The van der Waals surface area contributed by atoms with Crippen molar-refractivity contribution >= 4 is 29.1 Å². The molecule has 1 saturated carbocycles. The predicted molar refractivity (Wildman–Crippen MR) is 139 cm³/mol. The second kappa shape index (κ2) is 9.39. The fourth-order valence-corrected chi connectivity index (χ4v) is 6.52. The number of alkyl halides is 2. The molecule has 2 aromatic carbocycles. The number of nitrogens with zero attached hydrogens (tertiary/aromatic N) is 3. The lowest BCUT2D eigenvalue weighted by atomic mass is 9.88. The van der Waals surface area contributed by atoms with Gasteiger partial charge in [0.25, 0.3) is 5.91 Å². The number of nitrogens with one attached hydrogen (secondary N) is 1. The molecule has 3 aliphatic rings. The topological polar surface area (TPSA) is 68.6 Å². The molecular weight excluding hydrogens is 537 g/mol. The Kier molecular flexibility index (Phi) is 6.28. The number of aromatic nitrogens is 2. The second-order valence-electron chi connectivity index (χ2n) is 10.5. The van der Waals surface area contributed by atoms with E-state index in [0.29, 0.717) is 50.1 Å². The SMILES string of the molecule is CC1(C)Oc2cc(OC(F)F)ccc2-c2c1c(C(=O)NN1CC3CCCC3C1)nn2-c1ccc(Cl)cc1Cl. The maximum atomic E-state index is 13.7. The quantitative estimate of drug-likeness (QED) is 0.387. The van der Waals surface area contributed by atoms with E-state index in [1.165, 1.54) is 31.4 Å². The first-order chi connectivity index (χ1) is 18.1. The highest BCUT2D eigenvalue weighted by Crippen LogP contribution is 2.49. The molecule has 6 rings (SSSR count). The van der Waals surface area contributed by atoms with Crippen LogP contribution in [0.25, 0.3) is 16.9 Å². The molecule has 2 atom stereocenters. The largest absolute Gasteiger partial charge is 0.482 e. The molecule has 1 aliphatic carbocycles. The van der Waals surface area contributed by atoms with Gasteiger partial charge in [0.2, 0.25) is 0 Å². The Balaban J connectivity index is 1.47. The Morgan fingerprint density at radius 3 is 2.58 bits per heavy atom. The molecule has 2 aliphatic heterocycles. The first-order valence-corrected chi connectivity index (χ1v) is 13.3. The van der Waals surface area contributed by atoms with Crippen LogP contribution in [0.4, 0.5) is 8.78 Å². The number of hydrogen-bond acceptors (Lipinski definition) is 5. The summed E-state index contributed by atoms with van der Waals surface area (Å²) < 4.78 is 38.2. The Labute approximate surface area is 228 Å². The maximum Gasteiger partial charge on any atom is 0.387 e. The van der Waals surface area contributed by atoms with Crippen molar-refractivity contribution in [1.82, 2.24) is 20.2 Å². The van der Waals surface area contributed by atoms with E-state index < -0.39 is 12.2 Å². The number of halogens is 4. The number of amides is 1. The molecule has 3 heterocycles. The molecule has 7 nitrogen and oxygen atoms in total. The second-order valence-corrected chi connectivity index (χ2v) is 11.4. The van der Waals surface area contributed by atoms with Crippen LogP contribution in [-0.4, -0.2) is 40.4 Å². The van der Waals surface area contributed by atoms with Crippen LogP contribution in [0.1, 0.15) is 49.2 Å². The van der Waals surface area contributed by atoms with Crippen LogP contribution in [0, 0.1) is 11.8 Å². The third-order valence-electron chi connectivity index (χ3n) is 7.62. The maximum absolute atomic E-state index is 13.7. The van der Waals surface area contributed by atoms with Gasteiger partial charge in [0.1, 0.15) is 17.1 Å². The van der Waals surface area contributed by atoms with Crippen molar-refractivity contribution in [3.05, 3.63) is 57.7 Å². The van der Waals surface area contributed by atoms with E-state index in [1.807, 2.05) is 18.9 Å². The zero-order chi connectivity index (χ0) is 26.8. The molecule has 11 heteroatoms. The highest BCUT2D eigenvalue weighted by molar-refractivity contribution is 6.35. The number of ether oxygens (including phenoxy) is 2. The molecule has 1 aromatic heterocycles. The van der Waals surface area contributed by atoms with Crippen LogP contribution in [0.3, 0.4) is 0 Å². The molecule has 0 radical (unpaired) electrons. The lowest BCUT2D eigenvalue weighted by molar-refractivity contribution is -0.0500. The normalized spacial score (nSPS) is 21.6. The van der Waals surface area contributed by atoms with Gasteiger partial charge in [-0.05, 0) is 68.9 Å². The van der Waals surface area contributed by atoms with Gasteiger partial charge in [-0.2, -0.15) is 13.9 Å². The molecule has 38 heavy (non-hydrogen) atoms. The highest BCUT2D eigenvalue weighted by atomic mass is 35.5. The van der Waals surface area contributed by atoms with Gasteiger partial charge in [-0.25, -0.2) is 9.69 Å². The van der Waals surface area contributed by atoms with Crippen LogP contribution in [0.15, 0.2) is 36.4 Å². The summed E-state index contributed by atoms with van der Waals surface area (Å²) in [6, 6.07) is 9.46. The Morgan fingerprint density at radius 1 is 1.16 bits per heavy atom. The van der Waals surface area contributed by atoms with Crippen LogP contribution < -0.4 is 14.9 Å². The number of rotatable bonds is 5. The summed E-state index contributed by atoms with van der Waals surface area (Å²) >= 11 is 12.7. The summed E-state index contributed by atoms with van der Waals surface area (Å²) in [6.07, 6.45) is 3.61. The van der Waals surface area contributed by atoms with Crippen LogP contribution in [0.5, 0.6) is 11.5 Å². The number of benzene rings is 2. The number of carbonyl (C=O) groups is 1. The summed E-state index contributed by atoms with van der Waals surface area (Å²) in [4.78, 5) is 13.7. The number of hydrogen-bond donors (Lipinski definition) is 1. The Morgan fingerprint density at radius 2 is 1.89 bits per heavy atom. The minimum atomic E-state index is -2.97. The minimum absolute atomic E-state index is 0.0360. The fourth-order valence-electron chi connectivity index (χ4n) is 6.03. The number of fused-ring (bicyclic) bond motifs is 4. The lowest BCUT2D eigenvalue weighted by Crippen LogP contribution is -2.42. The predicted octanol–water partition coefficient (Wildman–Crippen LogP) is 6.45. The molecule has 1 amide bonds. The molecule has 1 N–H and O–H groups in total. The Bertz CT molecular complexity index is 1420. The van der Waals surface area contributed by atoms with Crippen molar-refractivity contribution in [2.24, 2.45) is 11.8 Å². The zero-order valence-electron chi connectivity index (χ0n) is 20.8. The van der Waals surface area contributed by atoms with Crippen molar-refractivity contribution in [2.75, 3.05) is 13.1 Å². The van der Waals surface area contributed by atoms with E-state index in [-0.39, 0.29) is 17.4 Å². The molecule has 2 unspecified atom stereocenters. The van der Waals surface area contributed by atoms with E-state index in [4.69, 9.17) is 33.0 Å². The van der Waals surface area contributed by atoms with Gasteiger partial charge in [-0.1, -0.05) is 29.6 Å². The van der Waals surface area contributed by atoms with Crippen molar-refractivity contribution in [3.63, 3.8) is 0 Å². The summed E-state index contributed by atoms with van der Waals surface area (Å²) in [6.45, 7) is 2.28.